The fourth-order valence-electron chi connectivity index (χ4n) is 4.55. The van der Waals surface area contributed by atoms with Gasteiger partial charge in [-0.05, 0) is 62.4 Å². The lowest BCUT2D eigenvalue weighted by Gasteiger charge is -2.22. The quantitative estimate of drug-likeness (QED) is 0.539. The van der Waals surface area contributed by atoms with Crippen LogP contribution in [0.3, 0.4) is 0 Å². The Kier molecular flexibility index (Phi) is 7.01. The fraction of sp³-hybridized carbons (Fsp3) is 0.370. The molecular formula is C27H31N3O4. The number of carbonyl (C=O) groups excluding carboxylic acids is 2. The van der Waals surface area contributed by atoms with E-state index in [0.717, 1.165) is 0 Å². The van der Waals surface area contributed by atoms with Crippen molar-refractivity contribution in [2.75, 3.05) is 5.32 Å². The summed E-state index contributed by atoms with van der Waals surface area (Å²) in [6, 6.07) is 16.7. The van der Waals surface area contributed by atoms with Crippen molar-refractivity contribution in [1.29, 1.82) is 0 Å². The smallest absolute Gasteiger partial charge is 0.338 e. The number of hydrogen-bond donors (Lipinski definition) is 1. The maximum Gasteiger partial charge on any atom is 0.338 e. The fourth-order valence-corrected chi connectivity index (χ4v) is 4.55. The van der Waals surface area contributed by atoms with Crippen molar-refractivity contribution >= 4 is 17.6 Å². The predicted octanol–water partition coefficient (Wildman–Crippen LogP) is 4.72. The van der Waals surface area contributed by atoms with E-state index in [0.29, 0.717) is 22.9 Å². The van der Waals surface area contributed by atoms with E-state index in [1.807, 2.05) is 42.5 Å². The van der Waals surface area contributed by atoms with Crippen molar-refractivity contribution in [3.8, 4) is 5.69 Å². The highest BCUT2D eigenvalue weighted by molar-refractivity contribution is 5.97. The molecule has 1 N–H and O–H groups in total. The molecule has 0 spiro atoms. The molecule has 1 fully saturated rings. The number of nitrogens with one attached hydrogen (secondary N) is 1. The second-order valence-corrected chi connectivity index (χ2v) is 8.93. The van der Waals surface area contributed by atoms with E-state index in [4.69, 9.17) is 4.74 Å². The van der Waals surface area contributed by atoms with E-state index in [2.05, 4.69) is 5.32 Å². The molecule has 1 aliphatic rings. The first-order valence-corrected chi connectivity index (χ1v) is 11.8. The summed E-state index contributed by atoms with van der Waals surface area (Å²) in [5.41, 5.74) is 2.75. The summed E-state index contributed by atoms with van der Waals surface area (Å²) in [5, 5.41) is 2.65. The Morgan fingerprint density at radius 3 is 2.29 bits per heavy atom. The number of rotatable bonds is 6. The predicted molar refractivity (Wildman–Crippen MR) is 132 cm³/mol. The van der Waals surface area contributed by atoms with Gasteiger partial charge in [0.1, 0.15) is 5.69 Å². The van der Waals surface area contributed by atoms with Crippen LogP contribution in [0.15, 0.2) is 59.4 Å². The lowest BCUT2D eigenvalue weighted by molar-refractivity contribution is -0.123. The maximum atomic E-state index is 13.0. The minimum atomic E-state index is -1.06. The molecule has 1 atom stereocenters. The molecule has 2 aromatic carbocycles. The van der Waals surface area contributed by atoms with Gasteiger partial charge in [0, 0.05) is 7.05 Å². The Balaban J connectivity index is 1.42. The van der Waals surface area contributed by atoms with E-state index < -0.39 is 18.0 Å². The average molecular weight is 462 g/mol. The Morgan fingerprint density at radius 2 is 1.65 bits per heavy atom. The van der Waals surface area contributed by atoms with E-state index in [1.165, 1.54) is 49.3 Å². The van der Waals surface area contributed by atoms with Crippen LogP contribution in [-0.4, -0.2) is 27.3 Å². The molecule has 1 aromatic heterocycles. The molecule has 4 rings (SSSR count). The SMILES string of the molecule is Cc1c(NC(=O)C(C)OC(=O)c2ccc(C3CCCCC3)cc2)c(=O)n(-c2ccccc2)n1C. The third-order valence-corrected chi connectivity index (χ3v) is 6.68. The van der Waals surface area contributed by atoms with Gasteiger partial charge in [-0.2, -0.15) is 0 Å². The number of para-hydroxylation sites is 1. The molecule has 34 heavy (non-hydrogen) atoms. The van der Waals surface area contributed by atoms with Crippen LogP contribution in [0.1, 0.15) is 66.6 Å². The van der Waals surface area contributed by atoms with Gasteiger partial charge in [-0.1, -0.05) is 49.6 Å². The molecule has 0 saturated heterocycles. The van der Waals surface area contributed by atoms with E-state index >= 15 is 0 Å². The first kappa shape index (κ1) is 23.5. The third kappa shape index (κ3) is 4.83. The van der Waals surface area contributed by atoms with Crippen LogP contribution in [0.4, 0.5) is 5.69 Å². The number of ether oxygens (including phenoxy) is 1. The highest BCUT2D eigenvalue weighted by Gasteiger charge is 2.24. The number of amides is 1. The van der Waals surface area contributed by atoms with Crippen LogP contribution >= 0.6 is 0 Å². The average Bonchev–Trinajstić information content (AvgIpc) is 3.08. The van der Waals surface area contributed by atoms with Gasteiger partial charge >= 0.3 is 5.97 Å². The maximum absolute atomic E-state index is 13.0. The first-order chi connectivity index (χ1) is 16.4. The lowest BCUT2D eigenvalue weighted by atomic mass is 9.84. The largest absolute Gasteiger partial charge is 0.449 e. The van der Waals surface area contributed by atoms with E-state index in [9.17, 15) is 14.4 Å². The van der Waals surface area contributed by atoms with Crippen molar-refractivity contribution in [2.24, 2.45) is 7.05 Å². The molecule has 178 valence electrons. The van der Waals surface area contributed by atoms with Gasteiger partial charge in [0.15, 0.2) is 6.10 Å². The van der Waals surface area contributed by atoms with Crippen LogP contribution in [-0.2, 0) is 16.6 Å². The topological polar surface area (TPSA) is 82.3 Å². The normalized spacial score (nSPS) is 15.0. The van der Waals surface area contributed by atoms with Gasteiger partial charge in [-0.25, -0.2) is 9.48 Å². The van der Waals surface area contributed by atoms with Crippen molar-refractivity contribution in [3.63, 3.8) is 0 Å². The number of esters is 1. The molecule has 1 amide bonds. The molecular weight excluding hydrogens is 430 g/mol. The molecule has 0 aliphatic heterocycles. The van der Waals surface area contributed by atoms with Crippen LogP contribution in [0.5, 0.6) is 0 Å². The third-order valence-electron chi connectivity index (χ3n) is 6.68. The zero-order valence-corrected chi connectivity index (χ0v) is 19.9. The van der Waals surface area contributed by atoms with Gasteiger partial charge < -0.3 is 10.1 Å². The van der Waals surface area contributed by atoms with Crippen molar-refractivity contribution < 1.29 is 14.3 Å². The summed E-state index contributed by atoms with van der Waals surface area (Å²) in [4.78, 5) is 38.4. The number of carbonyl (C=O) groups is 2. The number of benzene rings is 2. The second kappa shape index (κ2) is 10.1. The molecule has 0 bridgehead atoms. The molecule has 1 saturated carbocycles. The highest BCUT2D eigenvalue weighted by atomic mass is 16.5. The first-order valence-electron chi connectivity index (χ1n) is 11.8. The number of aromatic nitrogens is 2. The summed E-state index contributed by atoms with van der Waals surface area (Å²) in [5.74, 6) is -0.569. The monoisotopic (exact) mass is 461 g/mol. The van der Waals surface area contributed by atoms with Gasteiger partial charge in [0.2, 0.25) is 0 Å². The van der Waals surface area contributed by atoms with E-state index in [1.54, 1.807) is 30.8 Å². The van der Waals surface area contributed by atoms with Gasteiger partial charge in [0.05, 0.1) is 16.9 Å². The zero-order valence-electron chi connectivity index (χ0n) is 19.9. The second-order valence-electron chi connectivity index (χ2n) is 8.93. The minimum Gasteiger partial charge on any atom is -0.449 e. The van der Waals surface area contributed by atoms with Crippen LogP contribution in [0.25, 0.3) is 5.69 Å². The number of anilines is 1. The molecule has 7 heteroatoms. The molecule has 1 unspecified atom stereocenters. The van der Waals surface area contributed by atoms with Crippen LogP contribution in [0, 0.1) is 6.92 Å². The summed E-state index contributed by atoms with van der Waals surface area (Å²) < 4.78 is 8.55. The summed E-state index contributed by atoms with van der Waals surface area (Å²) >= 11 is 0. The molecule has 1 aliphatic carbocycles. The Bertz CT molecular complexity index is 1220. The highest BCUT2D eigenvalue weighted by Crippen LogP contribution is 2.32. The number of hydrogen-bond acceptors (Lipinski definition) is 4. The summed E-state index contributed by atoms with van der Waals surface area (Å²) in [6.45, 7) is 3.25. The molecule has 7 nitrogen and oxygen atoms in total. The van der Waals surface area contributed by atoms with Gasteiger partial charge in [-0.3, -0.25) is 14.3 Å². The van der Waals surface area contributed by atoms with Crippen LogP contribution in [0.2, 0.25) is 0 Å². The van der Waals surface area contributed by atoms with Crippen molar-refractivity contribution in [2.45, 2.75) is 58.0 Å². The zero-order chi connectivity index (χ0) is 24.2. The standard InChI is InChI=1S/C27H31N3O4/c1-18-24(26(32)30(29(18)3)23-12-8-5-9-13-23)28-25(31)19(2)34-27(33)22-16-14-21(15-17-22)20-10-6-4-7-11-20/h5,8-9,12-17,19-20H,4,6-7,10-11H2,1-3H3,(H,28,31). The van der Waals surface area contributed by atoms with Gasteiger partial charge in [0.25, 0.3) is 11.5 Å². The molecule has 0 radical (unpaired) electrons. The molecule has 1 heterocycles. The summed E-state index contributed by atoms with van der Waals surface area (Å²) in [7, 11) is 1.75. The Labute approximate surface area is 199 Å². The lowest BCUT2D eigenvalue weighted by Crippen LogP contribution is -2.32. The Hall–Kier alpha value is -3.61. The van der Waals surface area contributed by atoms with Crippen LogP contribution < -0.4 is 10.9 Å². The van der Waals surface area contributed by atoms with Crippen molar-refractivity contribution in [1.82, 2.24) is 9.36 Å². The summed E-state index contributed by atoms with van der Waals surface area (Å²) in [6.07, 6.45) is 5.10. The number of nitrogens with zero attached hydrogens (tertiary/aromatic N) is 2. The molecule has 3 aromatic rings. The minimum absolute atomic E-state index is 0.163. The van der Waals surface area contributed by atoms with Gasteiger partial charge in [-0.15, -0.1) is 0 Å². The van der Waals surface area contributed by atoms with E-state index in [-0.39, 0.29) is 11.2 Å². The van der Waals surface area contributed by atoms with Crippen molar-refractivity contribution in [3.05, 3.63) is 81.8 Å². The Morgan fingerprint density at radius 1 is 1.00 bits per heavy atom.